The van der Waals surface area contributed by atoms with Gasteiger partial charge in [0.2, 0.25) is 11.9 Å². The highest BCUT2D eigenvalue weighted by Crippen LogP contribution is 2.44. The van der Waals surface area contributed by atoms with Crippen molar-refractivity contribution in [2.24, 2.45) is 0 Å². The number of nitrogens with one attached hydrogen (secondary N) is 2. The van der Waals surface area contributed by atoms with Crippen molar-refractivity contribution in [2.45, 2.75) is 24.2 Å². The Hall–Kier alpha value is -3.60. The Morgan fingerprint density at radius 2 is 1.55 bits per heavy atom. The second-order valence-electron chi connectivity index (χ2n) is 7.30. The molecule has 1 aliphatic rings. The standard InChI is InChI=1S/C22H21F3N2O6/c1-32-11-17(19(28)27-18(20(29)30)22(23,24)25)26-21(31)33-10-16-14-8-4-2-6-12(14)13-7-3-5-9-15(13)16/h2-9,16-18H,10-11H2,1H3,(H,26,31)(H,27,28)(H,29,30). The molecule has 0 aromatic heterocycles. The number of alkyl halides is 3. The lowest BCUT2D eigenvalue weighted by molar-refractivity contribution is -0.182. The van der Waals surface area contributed by atoms with Gasteiger partial charge in [-0.3, -0.25) is 4.79 Å². The van der Waals surface area contributed by atoms with E-state index >= 15 is 0 Å². The molecule has 8 nitrogen and oxygen atoms in total. The van der Waals surface area contributed by atoms with E-state index in [1.165, 1.54) is 5.32 Å². The minimum Gasteiger partial charge on any atom is -0.479 e. The molecule has 0 bridgehead atoms. The number of hydrogen-bond acceptors (Lipinski definition) is 5. The summed E-state index contributed by atoms with van der Waals surface area (Å²) in [4.78, 5) is 35.4. The van der Waals surface area contributed by atoms with Crippen molar-refractivity contribution in [2.75, 3.05) is 20.3 Å². The third-order valence-electron chi connectivity index (χ3n) is 5.15. The molecule has 0 radical (unpaired) electrons. The Labute approximate surface area is 186 Å². The predicted octanol–water partition coefficient (Wildman–Crippen LogP) is 2.67. The number of benzene rings is 2. The van der Waals surface area contributed by atoms with Crippen molar-refractivity contribution in [3.8, 4) is 11.1 Å². The third kappa shape index (κ3) is 5.43. The van der Waals surface area contributed by atoms with Crippen LogP contribution in [0.4, 0.5) is 18.0 Å². The molecule has 3 N–H and O–H groups in total. The summed E-state index contributed by atoms with van der Waals surface area (Å²) in [6.45, 7) is -0.582. The van der Waals surface area contributed by atoms with Crippen molar-refractivity contribution >= 4 is 18.0 Å². The van der Waals surface area contributed by atoms with Crippen LogP contribution < -0.4 is 10.6 Å². The molecule has 2 amide bonds. The largest absolute Gasteiger partial charge is 0.479 e. The van der Waals surface area contributed by atoms with Gasteiger partial charge in [0.05, 0.1) is 6.61 Å². The van der Waals surface area contributed by atoms with E-state index in [-0.39, 0.29) is 12.5 Å². The van der Waals surface area contributed by atoms with Gasteiger partial charge in [-0.25, -0.2) is 9.59 Å². The first-order valence-electron chi connectivity index (χ1n) is 9.83. The Morgan fingerprint density at radius 1 is 1.00 bits per heavy atom. The van der Waals surface area contributed by atoms with Crippen LogP contribution >= 0.6 is 0 Å². The van der Waals surface area contributed by atoms with Gasteiger partial charge in [-0.1, -0.05) is 48.5 Å². The Balaban J connectivity index is 1.66. The quantitative estimate of drug-likeness (QED) is 0.551. The minimum absolute atomic E-state index is 0.0819. The lowest BCUT2D eigenvalue weighted by Gasteiger charge is -2.22. The van der Waals surface area contributed by atoms with E-state index in [4.69, 9.17) is 14.6 Å². The van der Waals surface area contributed by atoms with Crippen LogP contribution in [0.3, 0.4) is 0 Å². The van der Waals surface area contributed by atoms with Crippen LogP contribution in [0.25, 0.3) is 11.1 Å². The first-order chi connectivity index (χ1) is 15.6. The van der Waals surface area contributed by atoms with E-state index in [0.29, 0.717) is 0 Å². The Kier molecular flexibility index (Phi) is 7.22. The van der Waals surface area contributed by atoms with Gasteiger partial charge in [0.25, 0.3) is 0 Å². The number of fused-ring (bicyclic) bond motifs is 3. The molecular formula is C22H21F3N2O6. The monoisotopic (exact) mass is 466 g/mol. The molecular weight excluding hydrogens is 445 g/mol. The van der Waals surface area contributed by atoms with Crippen LogP contribution in [-0.4, -0.2) is 61.7 Å². The van der Waals surface area contributed by atoms with Gasteiger partial charge >= 0.3 is 18.2 Å². The minimum atomic E-state index is -5.22. The summed E-state index contributed by atoms with van der Waals surface area (Å²) in [6.07, 6.45) is -6.28. The fourth-order valence-electron chi connectivity index (χ4n) is 3.66. The molecule has 0 fully saturated rings. The van der Waals surface area contributed by atoms with Crippen molar-refractivity contribution in [1.82, 2.24) is 10.6 Å². The normalized spacial score (nSPS) is 14.5. The number of halogens is 3. The lowest BCUT2D eigenvalue weighted by atomic mass is 9.98. The number of carboxylic acid groups (broad SMARTS) is 1. The number of alkyl carbamates (subject to hydrolysis) is 1. The zero-order valence-electron chi connectivity index (χ0n) is 17.4. The van der Waals surface area contributed by atoms with Crippen molar-refractivity contribution in [3.05, 3.63) is 59.7 Å². The zero-order valence-corrected chi connectivity index (χ0v) is 17.4. The van der Waals surface area contributed by atoms with Gasteiger partial charge in [-0.2, -0.15) is 13.2 Å². The van der Waals surface area contributed by atoms with Crippen molar-refractivity contribution < 1.29 is 42.1 Å². The van der Waals surface area contributed by atoms with Gasteiger partial charge in [-0.15, -0.1) is 0 Å². The zero-order chi connectivity index (χ0) is 24.2. The van der Waals surface area contributed by atoms with E-state index in [9.17, 15) is 27.6 Å². The summed E-state index contributed by atoms with van der Waals surface area (Å²) in [5, 5.41) is 12.2. The molecule has 3 rings (SSSR count). The number of hydrogen-bond donors (Lipinski definition) is 3. The van der Waals surface area contributed by atoms with Crippen molar-refractivity contribution in [1.29, 1.82) is 0 Å². The summed E-state index contributed by atoms with van der Waals surface area (Å²) in [5.41, 5.74) is 3.91. The van der Waals surface area contributed by atoms with Crippen LogP contribution in [0.15, 0.2) is 48.5 Å². The Bertz CT molecular complexity index is 997. The SMILES string of the molecule is COCC(NC(=O)OCC1c2ccccc2-c2ccccc21)C(=O)NC(C(=O)O)C(F)(F)F. The number of carboxylic acids is 1. The van der Waals surface area contributed by atoms with E-state index < -0.39 is 42.8 Å². The molecule has 2 unspecified atom stereocenters. The molecule has 1 aliphatic carbocycles. The number of carbonyl (C=O) groups excluding carboxylic acids is 2. The average molecular weight is 466 g/mol. The lowest BCUT2D eigenvalue weighted by Crippen LogP contribution is -2.57. The number of methoxy groups -OCH3 is 1. The number of amides is 2. The molecule has 11 heteroatoms. The van der Waals surface area contributed by atoms with E-state index in [0.717, 1.165) is 29.4 Å². The topological polar surface area (TPSA) is 114 Å². The first kappa shape index (κ1) is 24.1. The van der Waals surface area contributed by atoms with Crippen LogP contribution in [-0.2, 0) is 19.1 Å². The number of aliphatic carboxylic acids is 1. The van der Waals surface area contributed by atoms with Crippen LogP contribution in [0.1, 0.15) is 17.0 Å². The molecule has 0 aliphatic heterocycles. The van der Waals surface area contributed by atoms with Gasteiger partial charge in [-0.05, 0) is 22.3 Å². The highest BCUT2D eigenvalue weighted by atomic mass is 19.4. The van der Waals surface area contributed by atoms with Crippen LogP contribution in [0.2, 0.25) is 0 Å². The maximum absolute atomic E-state index is 12.8. The fraction of sp³-hybridized carbons (Fsp3) is 0.318. The van der Waals surface area contributed by atoms with Crippen LogP contribution in [0.5, 0.6) is 0 Å². The van der Waals surface area contributed by atoms with Gasteiger partial charge in [0, 0.05) is 13.0 Å². The van der Waals surface area contributed by atoms with Crippen LogP contribution in [0, 0.1) is 0 Å². The van der Waals surface area contributed by atoms with Gasteiger partial charge in [0.1, 0.15) is 12.6 Å². The smallest absolute Gasteiger partial charge is 0.419 e. The molecule has 0 saturated heterocycles. The summed E-state index contributed by atoms with van der Waals surface area (Å²) in [5.74, 6) is -3.93. The fourth-order valence-corrected chi connectivity index (χ4v) is 3.66. The number of carbonyl (C=O) groups is 3. The molecule has 0 spiro atoms. The second-order valence-corrected chi connectivity index (χ2v) is 7.30. The van der Waals surface area contributed by atoms with E-state index in [2.05, 4.69) is 5.32 Å². The van der Waals surface area contributed by atoms with Gasteiger partial charge < -0.3 is 25.2 Å². The maximum atomic E-state index is 12.8. The second kappa shape index (κ2) is 9.90. The van der Waals surface area contributed by atoms with E-state index in [1.807, 2.05) is 48.5 Å². The molecule has 33 heavy (non-hydrogen) atoms. The molecule has 0 saturated carbocycles. The molecule has 2 atom stereocenters. The van der Waals surface area contributed by atoms with Crippen molar-refractivity contribution in [3.63, 3.8) is 0 Å². The number of rotatable bonds is 8. The molecule has 2 aromatic carbocycles. The summed E-state index contributed by atoms with van der Waals surface area (Å²) < 4.78 is 48.5. The Morgan fingerprint density at radius 3 is 2.03 bits per heavy atom. The summed E-state index contributed by atoms with van der Waals surface area (Å²) in [6, 6.07) is 10.5. The average Bonchev–Trinajstić information content (AvgIpc) is 3.08. The summed E-state index contributed by atoms with van der Waals surface area (Å²) in [7, 11) is 1.16. The molecule has 176 valence electrons. The maximum Gasteiger partial charge on any atom is 0.419 e. The highest BCUT2D eigenvalue weighted by Gasteiger charge is 2.47. The predicted molar refractivity (Wildman–Crippen MR) is 109 cm³/mol. The molecule has 0 heterocycles. The highest BCUT2D eigenvalue weighted by molar-refractivity contribution is 5.89. The van der Waals surface area contributed by atoms with Gasteiger partial charge in [0.15, 0.2) is 0 Å². The first-order valence-corrected chi connectivity index (χ1v) is 9.83. The van der Waals surface area contributed by atoms with E-state index in [1.54, 1.807) is 0 Å². The third-order valence-corrected chi connectivity index (χ3v) is 5.15. The molecule has 2 aromatic rings. The number of ether oxygens (including phenoxy) is 2. The summed E-state index contributed by atoms with van der Waals surface area (Å²) >= 11 is 0.